The molecule has 0 atom stereocenters. The van der Waals surface area contributed by atoms with Crippen molar-refractivity contribution in [2.45, 2.75) is 6.42 Å². The fraction of sp³-hybridized carbons (Fsp3) is 0.429. The molecule has 0 aromatic rings. The minimum atomic E-state index is -4.94. The second-order valence-electron chi connectivity index (χ2n) is 3.47. The summed E-state index contributed by atoms with van der Waals surface area (Å²) in [5, 5.41) is 0. The van der Waals surface area contributed by atoms with Crippen LogP contribution in [0, 0.1) is 42.6 Å². The number of hydrogen-bond acceptors (Lipinski definition) is 12. The van der Waals surface area contributed by atoms with Gasteiger partial charge in [-0.3, -0.25) is 0 Å². The summed E-state index contributed by atoms with van der Waals surface area (Å²) in [5.74, 6) is 1.62. The molecule has 0 heterocycles. The van der Waals surface area contributed by atoms with Gasteiger partial charge in [-0.25, -0.2) is 55.9 Å². The van der Waals surface area contributed by atoms with Gasteiger partial charge in [-0.2, -0.15) is 0 Å². The van der Waals surface area contributed by atoms with E-state index in [1.54, 1.807) is 0 Å². The average Bonchev–Trinajstić information content (AvgIpc) is 2.70. The van der Waals surface area contributed by atoms with Crippen molar-refractivity contribution in [2.75, 3.05) is 0 Å². The van der Waals surface area contributed by atoms with E-state index in [9.17, 15) is 0 Å². The first kappa shape index (κ1) is 28.3. The molecule has 0 fully saturated rings. The first-order chi connectivity index (χ1) is 9.45. The van der Waals surface area contributed by atoms with Crippen LogP contribution in [0.2, 0.25) is 0 Å². The topological polar surface area (TPSA) is 277 Å². The largest absolute Gasteiger partial charge is 3.00 e. The van der Waals surface area contributed by atoms with Crippen molar-refractivity contribution in [3.63, 3.8) is 0 Å². The van der Waals surface area contributed by atoms with Crippen molar-refractivity contribution in [3.05, 3.63) is 24.3 Å². The Kier molecular flexibility index (Phi) is 14.7. The van der Waals surface area contributed by atoms with Crippen LogP contribution < -0.4 is 55.9 Å². The average molecular weight is 493 g/mol. The van der Waals surface area contributed by atoms with Gasteiger partial charge in [0.2, 0.25) is 0 Å². The van der Waals surface area contributed by atoms with Crippen molar-refractivity contribution >= 4 is 0 Å². The van der Waals surface area contributed by atoms with Gasteiger partial charge in [-0.05, 0) is 18.3 Å². The minimum absolute atomic E-state index is 0. The summed E-state index contributed by atoms with van der Waals surface area (Å²) in [6.45, 7) is 0. The van der Waals surface area contributed by atoms with Crippen LogP contribution in [-0.2, 0) is 19.5 Å². The van der Waals surface area contributed by atoms with Crippen LogP contribution in [0.25, 0.3) is 0 Å². The maximum Gasteiger partial charge on any atom is 3.00 e. The molecule has 0 amide bonds. The number of hydrogen-bond donors (Lipinski definition) is 0. The van der Waals surface area contributed by atoms with E-state index < -0.39 is 30.7 Å². The predicted molar refractivity (Wildman–Crippen MR) is 29.9 cm³/mol. The maximum atomic E-state index is 8.49. The van der Waals surface area contributed by atoms with Gasteiger partial charge in [0.15, 0.2) is 0 Å². The van der Waals surface area contributed by atoms with Gasteiger partial charge in [0.25, 0.3) is 0 Å². The smallest absolute Gasteiger partial charge is 0.222 e. The summed E-state index contributed by atoms with van der Waals surface area (Å²) in [5.41, 5.74) is 0. The van der Waals surface area contributed by atoms with Crippen molar-refractivity contribution in [1.29, 1.82) is 0 Å². The molecule has 0 unspecified atom stereocenters. The summed E-state index contributed by atoms with van der Waals surface area (Å²) < 4.78 is 102. The van der Waals surface area contributed by atoms with E-state index in [1.165, 1.54) is 6.42 Å². The quantitative estimate of drug-likeness (QED) is 0.224. The molecule has 12 nitrogen and oxygen atoms in total. The Morgan fingerprint density at radius 1 is 0.478 bits per heavy atom. The van der Waals surface area contributed by atoms with Crippen molar-refractivity contribution in [1.82, 2.24) is 0 Å². The van der Waals surface area contributed by atoms with Gasteiger partial charge >= 0.3 is 19.5 Å². The molecule has 0 aromatic heterocycles. The van der Waals surface area contributed by atoms with Gasteiger partial charge in [0, 0.05) is 0 Å². The van der Waals surface area contributed by atoms with Gasteiger partial charge in [-0.15, -0.1) is 30.7 Å². The first-order valence-corrected chi connectivity index (χ1v) is 8.37. The molecular weight excluding hydrogens is 485 g/mol. The molecule has 16 heteroatoms. The van der Waals surface area contributed by atoms with Crippen LogP contribution in [0.1, 0.15) is 6.42 Å². The van der Waals surface area contributed by atoms with Crippen LogP contribution in [0.5, 0.6) is 0 Å². The van der Waals surface area contributed by atoms with E-state index in [2.05, 4.69) is 24.3 Å². The number of fused-ring (bicyclic) bond motifs is 2. The van der Waals surface area contributed by atoms with E-state index in [0.29, 0.717) is 0 Å². The van der Waals surface area contributed by atoms with Crippen LogP contribution in [-0.4, -0.2) is 0 Å². The summed E-state index contributed by atoms with van der Waals surface area (Å²) in [6, 6.07) is 0. The second kappa shape index (κ2) is 11.9. The number of allylic oxidation sites excluding steroid dienone is 4. The fourth-order valence-corrected chi connectivity index (χ4v) is 1.33. The molecule has 2 aliphatic rings. The minimum Gasteiger partial charge on any atom is -0.222 e. The Morgan fingerprint density at radius 2 is 0.609 bits per heavy atom. The van der Waals surface area contributed by atoms with Gasteiger partial charge in [0.1, 0.15) is 0 Å². The van der Waals surface area contributed by atoms with Crippen LogP contribution in [0.15, 0.2) is 24.3 Å². The monoisotopic (exact) mass is 492 g/mol. The molecule has 2 bridgehead atoms. The molecule has 0 saturated carbocycles. The SMILES string of the molecule is C1=CC2C=CC1C2.[O-][Cl+3]([O-])([O-])[O-].[O-][Cl+3]([O-])([O-])[O-].[O-][Cl+3]([O-])([O-])[O-].[Rh+3]. The molecule has 0 aliphatic heterocycles. The van der Waals surface area contributed by atoms with Crippen molar-refractivity contribution in [2.24, 2.45) is 11.8 Å². The Hall–Kier alpha value is 0.493. The van der Waals surface area contributed by atoms with E-state index in [-0.39, 0.29) is 19.5 Å². The van der Waals surface area contributed by atoms with Gasteiger partial charge < -0.3 is 0 Å². The number of rotatable bonds is 0. The van der Waals surface area contributed by atoms with Gasteiger partial charge in [-0.1, -0.05) is 24.3 Å². The molecule has 0 spiro atoms. The predicted octanol–water partition coefficient (Wildman–Crippen LogP) is -12.5. The molecule has 2 aliphatic carbocycles. The van der Waals surface area contributed by atoms with Crippen molar-refractivity contribution < 1.29 is 106 Å². The zero-order valence-electron chi connectivity index (χ0n) is 10.5. The second-order valence-corrected chi connectivity index (χ2v) is 5.73. The fourth-order valence-electron chi connectivity index (χ4n) is 1.33. The molecule has 0 N–H and O–H groups in total. The Morgan fingerprint density at radius 3 is 0.652 bits per heavy atom. The van der Waals surface area contributed by atoms with Crippen LogP contribution >= 0.6 is 0 Å². The van der Waals surface area contributed by atoms with E-state index >= 15 is 0 Å². The zero-order valence-corrected chi connectivity index (χ0v) is 14.4. The summed E-state index contributed by atoms with van der Waals surface area (Å²) >= 11 is 0. The standard InChI is InChI=1S/C7H8.3ClHO4.Rh/c1-2-7-4-3-6(1)5-7;3*2-1(3,4)5;/h1-4,6-7H,5H2;3*(H,2,3,4,5);/q;;;;+3/p-3. The van der Waals surface area contributed by atoms with E-state index in [4.69, 9.17) is 55.9 Å². The summed E-state index contributed by atoms with van der Waals surface area (Å²) in [4.78, 5) is 0. The third-order valence-electron chi connectivity index (χ3n) is 1.76. The molecule has 0 saturated heterocycles. The molecule has 23 heavy (non-hydrogen) atoms. The van der Waals surface area contributed by atoms with Crippen LogP contribution in [0.4, 0.5) is 0 Å². The summed E-state index contributed by atoms with van der Waals surface area (Å²) in [6.07, 6.45) is 10.5. The van der Waals surface area contributed by atoms with E-state index in [1.807, 2.05) is 0 Å². The maximum absolute atomic E-state index is 8.49. The molecule has 2 rings (SSSR count). The third kappa shape index (κ3) is 45.0. The Balaban J connectivity index is -0.000000233. The molecule has 0 aromatic carbocycles. The van der Waals surface area contributed by atoms with Crippen LogP contribution in [0.3, 0.4) is 0 Å². The first-order valence-electron chi connectivity index (χ1n) is 4.67. The Labute approximate surface area is 148 Å². The normalized spacial score (nSPS) is 21.0. The molecule has 138 valence electrons. The van der Waals surface area contributed by atoms with Gasteiger partial charge in [0.05, 0.1) is 0 Å². The molecule has 0 radical (unpaired) electrons. The van der Waals surface area contributed by atoms with Crippen molar-refractivity contribution in [3.8, 4) is 0 Å². The third-order valence-corrected chi connectivity index (χ3v) is 1.76. The Bertz CT molecular complexity index is 285. The summed E-state index contributed by atoms with van der Waals surface area (Å²) in [7, 11) is -14.8. The zero-order chi connectivity index (χ0) is 18.2. The number of halogens is 3. The van der Waals surface area contributed by atoms with E-state index in [0.717, 1.165) is 11.8 Å². The molecular formula is C7H8Cl3O12Rh.